The monoisotopic (exact) mass is 352 g/mol. The van der Waals surface area contributed by atoms with Crippen molar-refractivity contribution in [2.45, 2.75) is 19.3 Å². The maximum absolute atomic E-state index is 5.89. The van der Waals surface area contributed by atoms with E-state index in [2.05, 4.69) is 36.4 Å². The summed E-state index contributed by atoms with van der Waals surface area (Å²) in [5, 5.41) is 2.30. The van der Waals surface area contributed by atoms with E-state index in [0.717, 1.165) is 77.2 Å². The summed E-state index contributed by atoms with van der Waals surface area (Å²) in [5.41, 5.74) is 8.93. The van der Waals surface area contributed by atoms with E-state index in [1.807, 2.05) is 0 Å². The van der Waals surface area contributed by atoms with E-state index in [-0.39, 0.29) is 0 Å². The maximum atomic E-state index is 5.89. The van der Waals surface area contributed by atoms with E-state index in [9.17, 15) is 0 Å². The van der Waals surface area contributed by atoms with Gasteiger partial charge in [-0.3, -0.25) is 0 Å². The lowest BCUT2D eigenvalue weighted by Gasteiger charge is -2.08. The predicted octanol–water partition coefficient (Wildman–Crippen LogP) is 4.22. The summed E-state index contributed by atoms with van der Waals surface area (Å²) in [7, 11) is 0. The molecule has 4 heterocycles. The second-order valence-corrected chi connectivity index (χ2v) is 7.62. The molecule has 0 fully saturated rings. The predicted molar refractivity (Wildman–Crippen MR) is 104 cm³/mol. The van der Waals surface area contributed by atoms with Crippen LogP contribution >= 0.6 is 0 Å². The number of aromatic nitrogens is 2. The van der Waals surface area contributed by atoms with Crippen molar-refractivity contribution < 1.29 is 9.47 Å². The number of ether oxygens (including phenoxy) is 2. The Bertz CT molecular complexity index is 1210. The first-order valence-electron chi connectivity index (χ1n) is 9.52. The third-order valence-electron chi connectivity index (χ3n) is 6.04. The molecule has 4 nitrogen and oxygen atoms in total. The van der Waals surface area contributed by atoms with Crippen LogP contribution in [0.3, 0.4) is 0 Å². The lowest BCUT2D eigenvalue weighted by Crippen LogP contribution is -1.93. The smallest absolute Gasteiger partial charge is 0.148 e. The van der Waals surface area contributed by atoms with Crippen LogP contribution in [0.4, 0.5) is 0 Å². The minimum atomic E-state index is 0.746. The SMILES string of the molecule is c1cc2cc3c(nc2c2c1CCO2)-c1nc2c4c(ccc2cc1C3)CCO4. The fourth-order valence-corrected chi connectivity index (χ4v) is 4.73. The Labute approximate surface area is 155 Å². The zero-order valence-corrected chi connectivity index (χ0v) is 14.7. The van der Waals surface area contributed by atoms with Crippen molar-refractivity contribution in [3.8, 4) is 22.9 Å². The fourth-order valence-electron chi connectivity index (χ4n) is 4.73. The van der Waals surface area contributed by atoms with Gasteiger partial charge in [-0.15, -0.1) is 0 Å². The summed E-state index contributed by atoms with van der Waals surface area (Å²) in [6, 6.07) is 13.2. The Hall–Kier alpha value is -3.14. The van der Waals surface area contributed by atoms with Crippen LogP contribution in [0.2, 0.25) is 0 Å². The number of fused-ring (bicyclic) bond motifs is 9. The van der Waals surface area contributed by atoms with Crippen molar-refractivity contribution in [1.82, 2.24) is 9.97 Å². The molecule has 3 aliphatic rings. The molecule has 0 N–H and O–H groups in total. The Balaban J connectivity index is 1.52. The Morgan fingerprint density at radius 2 is 1.15 bits per heavy atom. The fraction of sp³-hybridized carbons (Fsp3) is 0.217. The Morgan fingerprint density at radius 3 is 1.67 bits per heavy atom. The lowest BCUT2D eigenvalue weighted by atomic mass is 10.1. The molecule has 4 aromatic rings. The maximum Gasteiger partial charge on any atom is 0.148 e. The highest BCUT2D eigenvalue weighted by Crippen LogP contribution is 2.42. The van der Waals surface area contributed by atoms with E-state index in [4.69, 9.17) is 19.4 Å². The van der Waals surface area contributed by atoms with Crippen LogP contribution in [0.5, 0.6) is 11.5 Å². The van der Waals surface area contributed by atoms with E-state index < -0.39 is 0 Å². The molecule has 7 rings (SSSR count). The van der Waals surface area contributed by atoms with Gasteiger partial charge in [-0.05, 0) is 34.4 Å². The molecule has 0 bridgehead atoms. The molecule has 0 unspecified atom stereocenters. The van der Waals surface area contributed by atoms with E-state index in [1.165, 1.54) is 22.3 Å². The van der Waals surface area contributed by atoms with Crippen LogP contribution in [0.1, 0.15) is 22.3 Å². The Kier molecular flexibility index (Phi) is 2.47. The van der Waals surface area contributed by atoms with Gasteiger partial charge in [0.25, 0.3) is 0 Å². The normalized spacial score (nSPS) is 16.0. The van der Waals surface area contributed by atoms with Crippen LogP contribution < -0.4 is 9.47 Å². The van der Waals surface area contributed by atoms with Crippen LogP contribution in [0, 0.1) is 0 Å². The first-order chi connectivity index (χ1) is 13.3. The molecule has 0 atom stereocenters. The summed E-state index contributed by atoms with van der Waals surface area (Å²) < 4.78 is 11.8. The van der Waals surface area contributed by atoms with Gasteiger partial charge in [-0.1, -0.05) is 24.3 Å². The molecule has 2 aliphatic heterocycles. The molecule has 0 saturated carbocycles. The van der Waals surface area contributed by atoms with E-state index in [0.29, 0.717) is 0 Å². The number of benzene rings is 2. The summed E-state index contributed by atoms with van der Waals surface area (Å²) >= 11 is 0. The topological polar surface area (TPSA) is 44.2 Å². The number of pyridine rings is 2. The lowest BCUT2D eigenvalue weighted by molar-refractivity contribution is 0.359. The zero-order chi connectivity index (χ0) is 17.5. The average Bonchev–Trinajstić information content (AvgIpc) is 3.41. The van der Waals surface area contributed by atoms with Crippen molar-refractivity contribution in [3.63, 3.8) is 0 Å². The molecular weight excluding hydrogens is 336 g/mol. The van der Waals surface area contributed by atoms with Gasteiger partial charge in [0.05, 0.1) is 24.6 Å². The van der Waals surface area contributed by atoms with Gasteiger partial charge in [0.1, 0.15) is 22.5 Å². The van der Waals surface area contributed by atoms with Gasteiger partial charge in [0, 0.05) is 30.0 Å². The number of rotatable bonds is 0. The summed E-state index contributed by atoms with van der Waals surface area (Å²) in [4.78, 5) is 10.1. The van der Waals surface area contributed by atoms with Crippen molar-refractivity contribution in [2.24, 2.45) is 0 Å². The van der Waals surface area contributed by atoms with Crippen LogP contribution in [-0.4, -0.2) is 23.2 Å². The minimum Gasteiger partial charge on any atom is -0.491 e. The van der Waals surface area contributed by atoms with Gasteiger partial charge in [0.15, 0.2) is 0 Å². The highest BCUT2D eigenvalue weighted by molar-refractivity contribution is 5.94. The number of nitrogens with zero attached hydrogens (tertiary/aromatic N) is 2. The van der Waals surface area contributed by atoms with Crippen molar-refractivity contribution in [3.05, 3.63) is 58.7 Å². The van der Waals surface area contributed by atoms with Gasteiger partial charge < -0.3 is 9.47 Å². The van der Waals surface area contributed by atoms with E-state index in [1.54, 1.807) is 0 Å². The molecule has 0 spiro atoms. The molecule has 2 aromatic carbocycles. The molecule has 130 valence electrons. The van der Waals surface area contributed by atoms with Crippen molar-refractivity contribution >= 4 is 21.8 Å². The van der Waals surface area contributed by atoms with Crippen molar-refractivity contribution in [2.75, 3.05) is 13.2 Å². The summed E-state index contributed by atoms with van der Waals surface area (Å²) in [6.45, 7) is 1.49. The quantitative estimate of drug-likeness (QED) is 0.418. The molecule has 0 saturated heterocycles. The summed E-state index contributed by atoms with van der Waals surface area (Å²) in [5.74, 6) is 1.91. The molecule has 27 heavy (non-hydrogen) atoms. The third-order valence-corrected chi connectivity index (χ3v) is 6.04. The third kappa shape index (κ3) is 1.78. The highest BCUT2D eigenvalue weighted by atomic mass is 16.5. The van der Waals surface area contributed by atoms with Crippen LogP contribution in [0.25, 0.3) is 33.2 Å². The van der Waals surface area contributed by atoms with Gasteiger partial charge in [0.2, 0.25) is 0 Å². The second-order valence-electron chi connectivity index (χ2n) is 7.62. The molecule has 4 heteroatoms. The largest absolute Gasteiger partial charge is 0.491 e. The standard InChI is InChI=1S/C23H16N2O2/c1-3-14-9-16-11-17-10-15-4-2-13-6-8-27-23(13)21(15)25-19(17)18(16)24-20(14)22-12(1)5-7-26-22/h1-4,9-10H,5-8,11H2. The first-order valence-corrected chi connectivity index (χ1v) is 9.52. The summed E-state index contributed by atoms with van der Waals surface area (Å²) in [6.07, 6.45) is 2.81. The average molecular weight is 352 g/mol. The Morgan fingerprint density at radius 1 is 0.630 bits per heavy atom. The van der Waals surface area contributed by atoms with Crippen LogP contribution in [0.15, 0.2) is 36.4 Å². The molecule has 0 radical (unpaired) electrons. The molecule has 1 aliphatic carbocycles. The number of hydrogen-bond donors (Lipinski definition) is 0. The highest BCUT2D eigenvalue weighted by Gasteiger charge is 2.27. The van der Waals surface area contributed by atoms with Gasteiger partial charge in [-0.2, -0.15) is 0 Å². The molecule has 0 amide bonds. The zero-order valence-electron chi connectivity index (χ0n) is 14.7. The van der Waals surface area contributed by atoms with Crippen LogP contribution in [-0.2, 0) is 19.3 Å². The molecule has 2 aromatic heterocycles. The number of hydrogen-bond acceptors (Lipinski definition) is 4. The molecular formula is C23H16N2O2. The minimum absolute atomic E-state index is 0.746. The second kappa shape index (κ2) is 4.77. The van der Waals surface area contributed by atoms with Gasteiger partial charge >= 0.3 is 0 Å². The van der Waals surface area contributed by atoms with Crippen molar-refractivity contribution in [1.29, 1.82) is 0 Å². The van der Waals surface area contributed by atoms with Gasteiger partial charge in [-0.25, -0.2) is 9.97 Å². The first kappa shape index (κ1) is 14.0. The van der Waals surface area contributed by atoms with E-state index >= 15 is 0 Å².